The Balaban J connectivity index is 1.95. The van der Waals surface area contributed by atoms with Crippen LogP contribution in [0.25, 0.3) is 0 Å². The molecule has 0 spiro atoms. The number of likely N-dealkylation sites (N-methyl/N-ethyl adjacent to an activating group) is 1. The molecule has 2 rings (SSSR count). The summed E-state index contributed by atoms with van der Waals surface area (Å²) in [6, 6.07) is 0.910. The van der Waals surface area contributed by atoms with Gasteiger partial charge in [-0.25, -0.2) is 0 Å². The second-order valence-electron chi connectivity index (χ2n) is 4.63. The van der Waals surface area contributed by atoms with Gasteiger partial charge in [0.05, 0.1) is 0 Å². The van der Waals surface area contributed by atoms with Gasteiger partial charge in [0.1, 0.15) is 0 Å². The largest absolute Gasteiger partial charge is 0.305 e. The van der Waals surface area contributed by atoms with Gasteiger partial charge in [0, 0.05) is 19.1 Å². The zero-order valence-electron chi connectivity index (χ0n) is 8.84. The second-order valence-corrected chi connectivity index (χ2v) is 4.63. The number of fused-ring (bicyclic) bond motifs is 1. The van der Waals surface area contributed by atoms with Gasteiger partial charge in [-0.2, -0.15) is 0 Å². The second kappa shape index (κ2) is 4.43. The van der Waals surface area contributed by atoms with Gasteiger partial charge in [0.25, 0.3) is 0 Å². The normalized spacial score (nSPS) is 33.5. The van der Waals surface area contributed by atoms with Crippen LogP contribution < -0.4 is 0 Å². The molecule has 0 N–H and O–H groups in total. The fraction of sp³-hybridized carbons (Fsp3) is 1.00. The first kappa shape index (κ1) is 9.47. The zero-order chi connectivity index (χ0) is 9.10. The SMILES string of the molecule is CN1CCC2CCCCCN2CC1. The predicted molar refractivity (Wildman–Crippen MR) is 55.9 cm³/mol. The summed E-state index contributed by atoms with van der Waals surface area (Å²) in [5, 5.41) is 0. The van der Waals surface area contributed by atoms with Crippen molar-refractivity contribution in [3.05, 3.63) is 0 Å². The Bertz CT molecular complexity index is 142. The van der Waals surface area contributed by atoms with Crippen molar-refractivity contribution in [3.8, 4) is 0 Å². The minimum absolute atomic E-state index is 0.910. The van der Waals surface area contributed by atoms with E-state index in [0.717, 1.165) is 6.04 Å². The van der Waals surface area contributed by atoms with Crippen molar-refractivity contribution in [1.82, 2.24) is 9.80 Å². The molecular formula is C11H22N2. The lowest BCUT2D eigenvalue weighted by Crippen LogP contribution is -2.35. The number of hydrogen-bond acceptors (Lipinski definition) is 2. The molecule has 2 aliphatic rings. The average molecular weight is 182 g/mol. The van der Waals surface area contributed by atoms with Crippen molar-refractivity contribution < 1.29 is 0 Å². The monoisotopic (exact) mass is 182 g/mol. The molecule has 2 fully saturated rings. The van der Waals surface area contributed by atoms with Crippen LogP contribution in [0.1, 0.15) is 32.1 Å². The molecule has 2 heteroatoms. The summed E-state index contributed by atoms with van der Waals surface area (Å²) < 4.78 is 0. The van der Waals surface area contributed by atoms with Crippen molar-refractivity contribution in [3.63, 3.8) is 0 Å². The van der Waals surface area contributed by atoms with E-state index in [1.165, 1.54) is 58.3 Å². The fourth-order valence-corrected chi connectivity index (χ4v) is 2.64. The molecule has 2 nitrogen and oxygen atoms in total. The maximum Gasteiger partial charge on any atom is 0.0112 e. The Labute approximate surface area is 81.9 Å². The maximum absolute atomic E-state index is 2.73. The molecule has 13 heavy (non-hydrogen) atoms. The summed E-state index contributed by atoms with van der Waals surface area (Å²) in [4.78, 5) is 5.21. The fourth-order valence-electron chi connectivity index (χ4n) is 2.64. The van der Waals surface area contributed by atoms with Crippen LogP contribution in [0.15, 0.2) is 0 Å². The first-order chi connectivity index (χ1) is 6.36. The lowest BCUT2D eigenvalue weighted by Gasteiger charge is -2.26. The van der Waals surface area contributed by atoms with Gasteiger partial charge < -0.3 is 4.90 Å². The molecule has 2 heterocycles. The van der Waals surface area contributed by atoms with Crippen molar-refractivity contribution in [2.45, 2.75) is 38.1 Å². The molecule has 0 bridgehead atoms. The molecule has 0 saturated carbocycles. The minimum Gasteiger partial charge on any atom is -0.305 e. The van der Waals surface area contributed by atoms with Gasteiger partial charge in [-0.05, 0) is 39.4 Å². The van der Waals surface area contributed by atoms with E-state index in [1.807, 2.05) is 0 Å². The van der Waals surface area contributed by atoms with Crippen LogP contribution >= 0.6 is 0 Å². The number of rotatable bonds is 0. The Morgan fingerprint density at radius 3 is 2.69 bits per heavy atom. The Kier molecular flexibility index (Phi) is 3.23. The molecule has 2 aliphatic heterocycles. The van der Waals surface area contributed by atoms with Gasteiger partial charge >= 0.3 is 0 Å². The van der Waals surface area contributed by atoms with Gasteiger partial charge in [0.15, 0.2) is 0 Å². The molecule has 1 unspecified atom stereocenters. The van der Waals surface area contributed by atoms with Gasteiger partial charge in [0.2, 0.25) is 0 Å². The predicted octanol–water partition coefficient (Wildman–Crippen LogP) is 1.57. The maximum atomic E-state index is 2.73. The Morgan fingerprint density at radius 2 is 1.77 bits per heavy atom. The highest BCUT2D eigenvalue weighted by Gasteiger charge is 2.23. The first-order valence-electron chi connectivity index (χ1n) is 5.79. The van der Waals surface area contributed by atoms with E-state index in [9.17, 15) is 0 Å². The van der Waals surface area contributed by atoms with Crippen LogP contribution in [0.5, 0.6) is 0 Å². The van der Waals surface area contributed by atoms with Crippen LogP contribution in [0, 0.1) is 0 Å². The van der Waals surface area contributed by atoms with Crippen molar-refractivity contribution >= 4 is 0 Å². The van der Waals surface area contributed by atoms with Gasteiger partial charge in [-0.15, -0.1) is 0 Å². The van der Waals surface area contributed by atoms with Crippen LogP contribution in [0.3, 0.4) is 0 Å². The lowest BCUT2D eigenvalue weighted by atomic mass is 10.1. The molecule has 2 saturated heterocycles. The first-order valence-corrected chi connectivity index (χ1v) is 5.79. The van der Waals surface area contributed by atoms with E-state index in [4.69, 9.17) is 0 Å². The molecule has 0 amide bonds. The molecule has 76 valence electrons. The summed E-state index contributed by atoms with van der Waals surface area (Å²) in [5.41, 5.74) is 0. The molecule has 0 aromatic rings. The van der Waals surface area contributed by atoms with E-state index in [0.29, 0.717) is 0 Å². The zero-order valence-corrected chi connectivity index (χ0v) is 8.84. The van der Waals surface area contributed by atoms with Crippen molar-refractivity contribution in [2.75, 3.05) is 33.2 Å². The quantitative estimate of drug-likeness (QED) is 0.561. The highest BCUT2D eigenvalue weighted by Crippen LogP contribution is 2.20. The van der Waals surface area contributed by atoms with E-state index >= 15 is 0 Å². The molecule has 0 aliphatic carbocycles. The number of hydrogen-bond donors (Lipinski definition) is 0. The molecule has 1 atom stereocenters. The van der Waals surface area contributed by atoms with Crippen molar-refractivity contribution in [1.29, 1.82) is 0 Å². The molecule has 0 radical (unpaired) electrons. The topological polar surface area (TPSA) is 6.48 Å². The summed E-state index contributed by atoms with van der Waals surface area (Å²) >= 11 is 0. The Morgan fingerprint density at radius 1 is 0.846 bits per heavy atom. The molecule has 0 aromatic heterocycles. The third-order valence-electron chi connectivity index (χ3n) is 3.61. The third kappa shape index (κ3) is 2.44. The summed E-state index contributed by atoms with van der Waals surface area (Å²) in [6.07, 6.45) is 7.21. The van der Waals surface area contributed by atoms with E-state index in [1.54, 1.807) is 0 Å². The highest BCUT2D eigenvalue weighted by atomic mass is 15.2. The van der Waals surface area contributed by atoms with E-state index in [2.05, 4.69) is 16.8 Å². The Hall–Kier alpha value is -0.0800. The summed E-state index contributed by atoms with van der Waals surface area (Å²) in [5.74, 6) is 0. The smallest absolute Gasteiger partial charge is 0.0112 e. The summed E-state index contributed by atoms with van der Waals surface area (Å²) in [7, 11) is 2.26. The highest BCUT2D eigenvalue weighted by molar-refractivity contribution is 4.79. The third-order valence-corrected chi connectivity index (χ3v) is 3.61. The van der Waals surface area contributed by atoms with Gasteiger partial charge in [-0.3, -0.25) is 4.90 Å². The standard InChI is InChI=1S/C11H22N2/c1-12-8-6-11-5-3-2-4-7-13(11)10-9-12/h11H,2-10H2,1H3. The summed E-state index contributed by atoms with van der Waals surface area (Å²) in [6.45, 7) is 5.25. The van der Waals surface area contributed by atoms with Crippen LogP contribution in [0.2, 0.25) is 0 Å². The number of nitrogens with zero attached hydrogens (tertiary/aromatic N) is 2. The van der Waals surface area contributed by atoms with E-state index < -0.39 is 0 Å². The molecule has 0 aromatic carbocycles. The lowest BCUT2D eigenvalue weighted by molar-refractivity contribution is 0.209. The molecular weight excluding hydrogens is 160 g/mol. The van der Waals surface area contributed by atoms with Crippen molar-refractivity contribution in [2.24, 2.45) is 0 Å². The van der Waals surface area contributed by atoms with Crippen LogP contribution in [-0.2, 0) is 0 Å². The van der Waals surface area contributed by atoms with Crippen LogP contribution in [-0.4, -0.2) is 49.1 Å². The minimum atomic E-state index is 0.910. The van der Waals surface area contributed by atoms with E-state index in [-0.39, 0.29) is 0 Å². The van der Waals surface area contributed by atoms with Gasteiger partial charge in [-0.1, -0.05) is 12.8 Å². The van der Waals surface area contributed by atoms with Crippen LogP contribution in [0.4, 0.5) is 0 Å². The average Bonchev–Trinajstić information content (AvgIpc) is 2.43.